The number of aliphatic imine (C=N–C) groups is 1. The Labute approximate surface area is 172 Å². The number of pyridine rings is 1. The van der Waals surface area contributed by atoms with Crippen molar-refractivity contribution in [1.82, 2.24) is 4.98 Å². The molecule has 2 aromatic rings. The molecule has 2 atom stereocenters. The molecule has 0 spiro atoms. The van der Waals surface area contributed by atoms with Crippen molar-refractivity contribution in [2.75, 3.05) is 11.1 Å². The molecule has 0 unspecified atom stereocenters. The Kier molecular flexibility index (Phi) is 5.24. The minimum absolute atomic E-state index is 0.180. The molecule has 0 radical (unpaired) electrons. The monoisotopic (exact) mass is 409 g/mol. The number of halogens is 1. The van der Waals surface area contributed by atoms with Crippen molar-refractivity contribution in [1.29, 1.82) is 5.26 Å². The number of thioether (sulfide) groups is 1. The fraction of sp³-hybridized carbons (Fsp3) is 0.333. The van der Waals surface area contributed by atoms with E-state index >= 15 is 0 Å². The quantitative estimate of drug-likeness (QED) is 0.803. The molecule has 0 bridgehead atoms. The van der Waals surface area contributed by atoms with Gasteiger partial charge in [0.25, 0.3) is 5.91 Å². The average Bonchev–Trinajstić information content (AvgIpc) is 2.74. The third-order valence-corrected chi connectivity index (χ3v) is 6.55. The van der Waals surface area contributed by atoms with Gasteiger partial charge in [0.05, 0.1) is 11.1 Å². The van der Waals surface area contributed by atoms with Crippen molar-refractivity contribution < 1.29 is 9.18 Å². The van der Waals surface area contributed by atoms with Crippen molar-refractivity contribution in [2.24, 2.45) is 16.6 Å². The zero-order valence-electron chi connectivity index (χ0n) is 15.7. The molecule has 1 aromatic heterocycles. The Morgan fingerprint density at radius 2 is 2.21 bits per heavy atom. The lowest BCUT2D eigenvalue weighted by molar-refractivity contribution is 0.102. The second-order valence-electron chi connectivity index (χ2n) is 7.32. The first-order valence-corrected chi connectivity index (χ1v) is 10.5. The summed E-state index contributed by atoms with van der Waals surface area (Å²) in [6.07, 6.45) is 5.13. The number of fused-ring (bicyclic) bond motifs is 1. The van der Waals surface area contributed by atoms with Gasteiger partial charge in [-0.25, -0.2) is 9.37 Å². The van der Waals surface area contributed by atoms with Gasteiger partial charge in [-0.1, -0.05) is 24.6 Å². The van der Waals surface area contributed by atoms with Crippen LogP contribution in [0.2, 0.25) is 0 Å². The van der Waals surface area contributed by atoms with Crippen LogP contribution in [0.25, 0.3) is 0 Å². The molecular formula is C21H20FN5OS. The molecule has 1 aromatic carbocycles. The summed E-state index contributed by atoms with van der Waals surface area (Å²) in [6.45, 7) is 0. The molecule has 148 valence electrons. The highest BCUT2D eigenvalue weighted by molar-refractivity contribution is 8.13. The normalized spacial score (nSPS) is 23.4. The number of carbonyl (C=O) groups is 1. The number of aromatic nitrogens is 1. The van der Waals surface area contributed by atoms with Crippen molar-refractivity contribution in [3.05, 3.63) is 59.2 Å². The van der Waals surface area contributed by atoms with E-state index in [-0.39, 0.29) is 17.4 Å². The summed E-state index contributed by atoms with van der Waals surface area (Å²) in [4.78, 5) is 21.2. The summed E-state index contributed by atoms with van der Waals surface area (Å²) in [6, 6.07) is 9.54. The van der Waals surface area contributed by atoms with Gasteiger partial charge < -0.3 is 11.1 Å². The highest BCUT2D eigenvalue weighted by Crippen LogP contribution is 2.50. The van der Waals surface area contributed by atoms with Crippen LogP contribution in [0.1, 0.15) is 47.3 Å². The molecule has 1 aliphatic carbocycles. The predicted molar refractivity (Wildman–Crippen MR) is 111 cm³/mol. The summed E-state index contributed by atoms with van der Waals surface area (Å²) >= 11 is 1.52. The summed E-state index contributed by atoms with van der Waals surface area (Å²) < 4.78 is 14.9. The number of benzene rings is 1. The number of carbonyl (C=O) groups excluding carboxylic acids is 1. The van der Waals surface area contributed by atoms with Gasteiger partial charge in [0.2, 0.25) is 0 Å². The maximum Gasteiger partial charge on any atom is 0.274 e. The Morgan fingerprint density at radius 1 is 1.34 bits per heavy atom. The fourth-order valence-electron chi connectivity index (χ4n) is 4.15. The van der Waals surface area contributed by atoms with Crippen LogP contribution >= 0.6 is 11.8 Å². The number of hydrogen-bond donors (Lipinski definition) is 2. The van der Waals surface area contributed by atoms with Crippen LogP contribution in [-0.2, 0) is 5.54 Å². The van der Waals surface area contributed by atoms with Crippen molar-refractivity contribution in [3.63, 3.8) is 0 Å². The Bertz CT molecular complexity index is 1020. The molecule has 1 amide bonds. The first-order chi connectivity index (χ1) is 14.0. The van der Waals surface area contributed by atoms with E-state index in [1.807, 2.05) is 6.07 Å². The number of rotatable bonds is 3. The smallest absolute Gasteiger partial charge is 0.274 e. The van der Waals surface area contributed by atoms with Gasteiger partial charge >= 0.3 is 0 Å². The van der Waals surface area contributed by atoms with E-state index in [0.29, 0.717) is 22.0 Å². The molecule has 1 saturated carbocycles. The van der Waals surface area contributed by atoms with Crippen molar-refractivity contribution in [3.8, 4) is 6.07 Å². The Morgan fingerprint density at radius 3 is 2.97 bits per heavy atom. The Balaban J connectivity index is 1.66. The highest BCUT2D eigenvalue weighted by Gasteiger charge is 2.46. The van der Waals surface area contributed by atoms with Crippen LogP contribution in [0.3, 0.4) is 0 Å². The molecule has 6 nitrogen and oxygen atoms in total. The number of nitriles is 1. The van der Waals surface area contributed by atoms with E-state index < -0.39 is 11.4 Å². The number of anilines is 1. The third-order valence-electron chi connectivity index (χ3n) is 5.59. The van der Waals surface area contributed by atoms with Crippen LogP contribution in [0.15, 0.2) is 41.5 Å². The molecule has 3 N–H and O–H groups in total. The summed E-state index contributed by atoms with van der Waals surface area (Å²) in [5, 5.41) is 12.1. The largest absolute Gasteiger partial charge is 0.379 e. The van der Waals surface area contributed by atoms with Gasteiger partial charge in [0, 0.05) is 23.2 Å². The number of amidine groups is 1. The predicted octanol–water partition coefficient (Wildman–Crippen LogP) is 3.79. The molecule has 1 fully saturated rings. The average molecular weight is 409 g/mol. The van der Waals surface area contributed by atoms with Gasteiger partial charge in [-0.15, -0.1) is 0 Å². The summed E-state index contributed by atoms with van der Waals surface area (Å²) in [5.74, 6) is 0.275. The number of hydrogen-bond acceptors (Lipinski definition) is 6. The Hall–Kier alpha value is -2.92. The highest BCUT2D eigenvalue weighted by atomic mass is 32.2. The molecule has 4 rings (SSSR count). The van der Waals surface area contributed by atoms with Gasteiger partial charge in [0.1, 0.15) is 17.6 Å². The number of nitrogens with two attached hydrogens (primary N) is 1. The topological polar surface area (TPSA) is 104 Å². The van der Waals surface area contributed by atoms with Crippen molar-refractivity contribution >= 4 is 28.5 Å². The minimum Gasteiger partial charge on any atom is -0.379 e. The molecule has 1 aliphatic heterocycles. The molecular weight excluding hydrogens is 389 g/mol. The van der Waals surface area contributed by atoms with E-state index in [9.17, 15) is 9.18 Å². The maximum atomic E-state index is 14.9. The van der Waals surface area contributed by atoms with Gasteiger partial charge in [-0.3, -0.25) is 9.79 Å². The summed E-state index contributed by atoms with van der Waals surface area (Å²) in [5.41, 5.74) is 6.86. The van der Waals surface area contributed by atoms with Crippen LogP contribution in [0.5, 0.6) is 0 Å². The van der Waals surface area contributed by atoms with E-state index in [2.05, 4.69) is 10.3 Å². The fourth-order valence-corrected chi connectivity index (χ4v) is 5.19. The maximum absolute atomic E-state index is 14.9. The SMILES string of the molecule is N#Cc1ccc(C(=O)Nc2ccc(F)c([C@]34CCCC[C@@H]3CSC(N)=N4)c2)nc1. The number of nitrogens with zero attached hydrogens (tertiary/aromatic N) is 3. The van der Waals surface area contributed by atoms with Crippen LogP contribution in [0, 0.1) is 23.1 Å². The first-order valence-electron chi connectivity index (χ1n) is 9.47. The van der Waals surface area contributed by atoms with E-state index in [1.165, 1.54) is 42.2 Å². The van der Waals surface area contributed by atoms with Crippen molar-refractivity contribution in [2.45, 2.75) is 31.2 Å². The number of amides is 1. The molecule has 2 aliphatic rings. The standard InChI is InChI=1S/C21H20FN5OS/c22-17-6-5-15(26-19(28)18-7-4-13(10-23)11-25-18)9-16(17)21-8-2-1-3-14(21)12-29-20(24)27-21/h4-7,9,11,14H,1-3,8,12H2,(H2,24,27)(H,26,28)/t14-,21+/m1/s1. The number of nitrogens with one attached hydrogen (secondary N) is 1. The van der Waals surface area contributed by atoms with E-state index in [0.717, 1.165) is 31.4 Å². The van der Waals surface area contributed by atoms with Gasteiger partial charge in [0.15, 0.2) is 5.17 Å². The van der Waals surface area contributed by atoms with E-state index in [1.54, 1.807) is 6.07 Å². The minimum atomic E-state index is -0.675. The molecule has 29 heavy (non-hydrogen) atoms. The lowest BCUT2D eigenvalue weighted by Gasteiger charge is -2.44. The zero-order valence-corrected chi connectivity index (χ0v) is 16.5. The van der Waals surface area contributed by atoms with Crippen LogP contribution < -0.4 is 11.1 Å². The first kappa shape index (κ1) is 19.4. The molecule has 2 heterocycles. The van der Waals surface area contributed by atoms with E-state index in [4.69, 9.17) is 16.0 Å². The molecule has 0 saturated heterocycles. The second-order valence-corrected chi connectivity index (χ2v) is 8.36. The second kappa shape index (κ2) is 7.84. The lowest BCUT2D eigenvalue weighted by atomic mass is 9.69. The van der Waals surface area contributed by atoms with Gasteiger partial charge in [-0.2, -0.15) is 5.26 Å². The third kappa shape index (κ3) is 3.70. The summed E-state index contributed by atoms with van der Waals surface area (Å²) in [7, 11) is 0. The zero-order chi connectivity index (χ0) is 20.4. The molecule has 8 heteroatoms. The lowest BCUT2D eigenvalue weighted by Crippen LogP contribution is -2.43. The van der Waals surface area contributed by atoms with Crippen LogP contribution in [-0.4, -0.2) is 21.8 Å². The van der Waals surface area contributed by atoms with Gasteiger partial charge in [-0.05, 0) is 49.1 Å². The van der Waals surface area contributed by atoms with Crippen LogP contribution in [0.4, 0.5) is 10.1 Å².